The first-order valence-corrected chi connectivity index (χ1v) is 6.88. The van der Waals surface area contributed by atoms with Crippen molar-refractivity contribution in [1.82, 2.24) is 4.98 Å². The minimum absolute atomic E-state index is 0.175. The van der Waals surface area contributed by atoms with Crippen molar-refractivity contribution < 1.29 is 4.39 Å². The molecule has 2 aromatic rings. The van der Waals surface area contributed by atoms with Gasteiger partial charge < -0.3 is 9.80 Å². The molecule has 0 amide bonds. The molecule has 1 aliphatic heterocycles. The van der Waals surface area contributed by atoms with E-state index < -0.39 is 0 Å². The Labute approximate surface area is 123 Å². The second-order valence-electron chi connectivity index (χ2n) is 4.94. The molecule has 5 heteroatoms. The summed E-state index contributed by atoms with van der Waals surface area (Å²) in [6.07, 6.45) is 1.72. The van der Waals surface area contributed by atoms with Gasteiger partial charge in [-0.15, -0.1) is 0 Å². The molecular weight excluding hydrogens is 267 g/mol. The van der Waals surface area contributed by atoms with E-state index in [9.17, 15) is 4.39 Å². The van der Waals surface area contributed by atoms with E-state index in [1.54, 1.807) is 18.3 Å². The van der Waals surface area contributed by atoms with E-state index in [1.807, 2.05) is 24.3 Å². The Morgan fingerprint density at radius 1 is 1.00 bits per heavy atom. The van der Waals surface area contributed by atoms with Gasteiger partial charge in [-0.25, -0.2) is 9.37 Å². The maximum atomic E-state index is 13.8. The maximum Gasteiger partial charge on any atom is 0.146 e. The van der Waals surface area contributed by atoms with E-state index in [-0.39, 0.29) is 5.82 Å². The third-order valence-corrected chi connectivity index (χ3v) is 3.70. The van der Waals surface area contributed by atoms with Crippen LogP contribution in [-0.4, -0.2) is 31.2 Å². The average molecular weight is 282 g/mol. The van der Waals surface area contributed by atoms with Crippen molar-refractivity contribution in [2.24, 2.45) is 0 Å². The molecule has 1 fully saturated rings. The highest BCUT2D eigenvalue weighted by atomic mass is 19.1. The molecule has 1 saturated heterocycles. The molecule has 0 unspecified atom stereocenters. The van der Waals surface area contributed by atoms with Gasteiger partial charge in [0.25, 0.3) is 0 Å². The monoisotopic (exact) mass is 282 g/mol. The number of rotatable bonds is 2. The number of aromatic nitrogens is 1. The molecule has 0 atom stereocenters. The first-order chi connectivity index (χ1) is 10.3. The normalized spacial score (nSPS) is 14.9. The molecule has 3 rings (SSSR count). The van der Waals surface area contributed by atoms with Gasteiger partial charge >= 0.3 is 0 Å². The highest BCUT2D eigenvalue weighted by Gasteiger charge is 2.19. The summed E-state index contributed by atoms with van der Waals surface area (Å²) in [5.74, 6) is -0.175. The van der Waals surface area contributed by atoms with Crippen molar-refractivity contribution in [2.75, 3.05) is 36.0 Å². The predicted molar refractivity (Wildman–Crippen MR) is 79.8 cm³/mol. The molecule has 1 aromatic carbocycles. The van der Waals surface area contributed by atoms with E-state index in [0.717, 1.165) is 31.9 Å². The summed E-state index contributed by atoms with van der Waals surface area (Å²) in [4.78, 5) is 8.35. The summed E-state index contributed by atoms with van der Waals surface area (Å²) in [5.41, 5.74) is 2.08. The number of pyridine rings is 1. The van der Waals surface area contributed by atoms with Crippen molar-refractivity contribution >= 4 is 11.4 Å². The van der Waals surface area contributed by atoms with Gasteiger partial charge in [0, 0.05) is 26.2 Å². The van der Waals surface area contributed by atoms with Crippen LogP contribution in [0.5, 0.6) is 0 Å². The summed E-state index contributed by atoms with van der Waals surface area (Å²) >= 11 is 0. The number of hydrogen-bond donors (Lipinski definition) is 0. The second kappa shape index (κ2) is 5.80. The molecule has 1 aromatic heterocycles. The number of anilines is 2. The minimum atomic E-state index is -0.175. The topological polar surface area (TPSA) is 43.2 Å². The van der Waals surface area contributed by atoms with Gasteiger partial charge in [0.1, 0.15) is 17.6 Å². The highest BCUT2D eigenvalue weighted by Crippen LogP contribution is 2.22. The fourth-order valence-corrected chi connectivity index (χ4v) is 2.55. The van der Waals surface area contributed by atoms with Crippen LogP contribution in [0, 0.1) is 17.1 Å². The zero-order valence-corrected chi connectivity index (χ0v) is 11.5. The van der Waals surface area contributed by atoms with E-state index in [4.69, 9.17) is 5.26 Å². The van der Waals surface area contributed by atoms with E-state index in [2.05, 4.69) is 14.8 Å². The molecule has 0 N–H and O–H groups in total. The standard InChI is InChI=1S/C16H15FN4/c17-15-3-1-2-4-16(15)21-9-7-20(8-10-21)14-6-5-13(11-18)19-12-14/h1-6,12H,7-10H2. The van der Waals surface area contributed by atoms with Gasteiger partial charge in [-0.2, -0.15) is 5.26 Å². The van der Waals surface area contributed by atoms with E-state index >= 15 is 0 Å². The molecule has 0 radical (unpaired) electrons. The Balaban J connectivity index is 1.67. The maximum absolute atomic E-state index is 13.8. The smallest absolute Gasteiger partial charge is 0.146 e. The van der Waals surface area contributed by atoms with Crippen LogP contribution in [0.25, 0.3) is 0 Å². The summed E-state index contributed by atoms with van der Waals surface area (Å²) in [6, 6.07) is 12.5. The number of benzene rings is 1. The number of nitrogens with zero attached hydrogens (tertiary/aromatic N) is 4. The Hall–Kier alpha value is -2.61. The Morgan fingerprint density at radius 2 is 1.71 bits per heavy atom. The Morgan fingerprint density at radius 3 is 2.33 bits per heavy atom. The molecule has 0 spiro atoms. The summed E-state index contributed by atoms with van der Waals surface area (Å²) in [6.45, 7) is 3.14. The molecule has 0 saturated carbocycles. The van der Waals surface area contributed by atoms with Crippen LogP contribution in [0.3, 0.4) is 0 Å². The van der Waals surface area contributed by atoms with Crippen molar-refractivity contribution in [3.05, 3.63) is 54.1 Å². The van der Waals surface area contributed by atoms with Crippen molar-refractivity contribution in [3.8, 4) is 6.07 Å². The van der Waals surface area contributed by atoms with Gasteiger partial charge in [0.05, 0.1) is 17.6 Å². The first-order valence-electron chi connectivity index (χ1n) is 6.88. The van der Waals surface area contributed by atoms with Crippen LogP contribution >= 0.6 is 0 Å². The van der Waals surface area contributed by atoms with Crippen molar-refractivity contribution in [3.63, 3.8) is 0 Å². The molecule has 0 aliphatic carbocycles. The second-order valence-corrected chi connectivity index (χ2v) is 4.94. The Bertz CT molecular complexity index is 655. The quantitative estimate of drug-likeness (QED) is 0.848. The van der Waals surface area contributed by atoms with Gasteiger partial charge in [-0.05, 0) is 24.3 Å². The lowest BCUT2D eigenvalue weighted by molar-refractivity contribution is 0.597. The molecule has 106 valence electrons. The first kappa shape index (κ1) is 13.4. The fraction of sp³-hybridized carbons (Fsp3) is 0.250. The predicted octanol–water partition coefficient (Wildman–Crippen LogP) is 2.42. The Kier molecular flexibility index (Phi) is 3.69. The third kappa shape index (κ3) is 2.79. The van der Waals surface area contributed by atoms with Gasteiger partial charge in [-0.3, -0.25) is 0 Å². The van der Waals surface area contributed by atoms with Gasteiger partial charge in [0.15, 0.2) is 0 Å². The summed E-state index contributed by atoms with van der Waals surface area (Å²) in [7, 11) is 0. The fourth-order valence-electron chi connectivity index (χ4n) is 2.55. The molecule has 0 bridgehead atoms. The van der Waals surface area contributed by atoms with E-state index in [0.29, 0.717) is 11.4 Å². The number of hydrogen-bond acceptors (Lipinski definition) is 4. The number of halogens is 1. The number of nitriles is 1. The zero-order valence-electron chi connectivity index (χ0n) is 11.5. The molecule has 4 nitrogen and oxygen atoms in total. The largest absolute Gasteiger partial charge is 0.367 e. The SMILES string of the molecule is N#Cc1ccc(N2CCN(c3ccccc3F)CC2)cn1. The van der Waals surface area contributed by atoms with Crippen LogP contribution in [0.4, 0.5) is 15.8 Å². The van der Waals surface area contributed by atoms with Gasteiger partial charge in [-0.1, -0.05) is 12.1 Å². The van der Waals surface area contributed by atoms with Crippen LogP contribution in [0.2, 0.25) is 0 Å². The molecule has 1 aliphatic rings. The molecule has 2 heterocycles. The summed E-state index contributed by atoms with van der Waals surface area (Å²) < 4.78 is 13.8. The van der Waals surface area contributed by atoms with E-state index in [1.165, 1.54) is 6.07 Å². The third-order valence-electron chi connectivity index (χ3n) is 3.70. The van der Waals surface area contributed by atoms with Crippen LogP contribution in [0.15, 0.2) is 42.6 Å². The average Bonchev–Trinajstić information content (AvgIpc) is 2.56. The lowest BCUT2D eigenvalue weighted by atomic mass is 10.2. The minimum Gasteiger partial charge on any atom is -0.367 e. The molecule has 21 heavy (non-hydrogen) atoms. The van der Waals surface area contributed by atoms with Crippen molar-refractivity contribution in [2.45, 2.75) is 0 Å². The lowest BCUT2D eigenvalue weighted by Gasteiger charge is -2.37. The van der Waals surface area contributed by atoms with Gasteiger partial charge in [0.2, 0.25) is 0 Å². The lowest BCUT2D eigenvalue weighted by Crippen LogP contribution is -2.46. The van der Waals surface area contributed by atoms with Crippen LogP contribution < -0.4 is 9.80 Å². The highest BCUT2D eigenvalue weighted by molar-refractivity contribution is 5.52. The zero-order chi connectivity index (χ0) is 14.7. The number of para-hydroxylation sites is 1. The van der Waals surface area contributed by atoms with Crippen LogP contribution in [0.1, 0.15) is 5.69 Å². The van der Waals surface area contributed by atoms with Crippen LogP contribution in [-0.2, 0) is 0 Å². The number of piperazine rings is 1. The summed E-state index contributed by atoms with van der Waals surface area (Å²) in [5, 5.41) is 8.76. The van der Waals surface area contributed by atoms with Crippen molar-refractivity contribution in [1.29, 1.82) is 5.26 Å². The molecular formula is C16H15FN4.